The van der Waals surface area contributed by atoms with E-state index in [1.807, 2.05) is 0 Å². The first-order chi connectivity index (χ1) is 18.7. The molecule has 2 aliphatic rings. The molecule has 1 N–H and O–H groups in total. The second-order valence-electron chi connectivity index (χ2n) is 10.5. The fourth-order valence-electron chi connectivity index (χ4n) is 6.09. The maximum Gasteiger partial charge on any atom is 0.409 e. The number of ether oxygens (including phenoxy) is 2. The minimum atomic E-state index is -2.87. The summed E-state index contributed by atoms with van der Waals surface area (Å²) >= 11 is 0. The van der Waals surface area contributed by atoms with Gasteiger partial charge in [-0.3, -0.25) is 4.79 Å². The summed E-state index contributed by atoms with van der Waals surface area (Å²) in [7, 11) is 1.38. The molecule has 10 heteroatoms. The van der Waals surface area contributed by atoms with Crippen molar-refractivity contribution >= 4 is 23.1 Å². The Morgan fingerprint density at radius 1 is 1.10 bits per heavy atom. The molecule has 1 fully saturated rings. The largest absolute Gasteiger partial charge is 0.481 e. The lowest BCUT2D eigenvalue weighted by molar-refractivity contribution is -0.142. The summed E-state index contributed by atoms with van der Waals surface area (Å²) in [5.41, 5.74) is 4.99. The smallest absolute Gasteiger partial charge is 0.409 e. The molecule has 1 amide bonds. The third-order valence-corrected chi connectivity index (χ3v) is 8.09. The van der Waals surface area contributed by atoms with Crippen molar-refractivity contribution in [2.24, 2.45) is 5.92 Å². The lowest BCUT2D eigenvalue weighted by Crippen LogP contribution is -2.35. The fraction of sp³-hybridized carbons (Fsp3) is 0.483. The Labute approximate surface area is 225 Å². The van der Waals surface area contributed by atoms with Crippen LogP contribution in [0.15, 0.2) is 36.4 Å². The van der Waals surface area contributed by atoms with Crippen LogP contribution < -0.4 is 4.74 Å². The van der Waals surface area contributed by atoms with Crippen LogP contribution in [0.3, 0.4) is 0 Å². The number of aromatic nitrogens is 2. The van der Waals surface area contributed by atoms with Gasteiger partial charge >= 0.3 is 18.7 Å². The molecule has 39 heavy (non-hydrogen) atoms. The monoisotopic (exact) mass is 541 g/mol. The van der Waals surface area contributed by atoms with Gasteiger partial charge in [0.1, 0.15) is 11.6 Å². The van der Waals surface area contributed by atoms with Crippen molar-refractivity contribution in [2.75, 3.05) is 13.7 Å². The molecule has 0 saturated heterocycles. The van der Waals surface area contributed by atoms with E-state index < -0.39 is 12.6 Å². The van der Waals surface area contributed by atoms with E-state index in [0.29, 0.717) is 32.4 Å². The van der Waals surface area contributed by atoms with Crippen molar-refractivity contribution < 1.29 is 33.0 Å². The highest BCUT2D eigenvalue weighted by Crippen LogP contribution is 2.40. The molecule has 208 valence electrons. The van der Waals surface area contributed by atoms with Crippen molar-refractivity contribution in [3.8, 4) is 5.75 Å². The van der Waals surface area contributed by atoms with Crippen LogP contribution in [0.2, 0.25) is 0 Å². The predicted molar refractivity (Wildman–Crippen MR) is 140 cm³/mol. The summed E-state index contributed by atoms with van der Waals surface area (Å²) in [6, 6.07) is 10.9. The van der Waals surface area contributed by atoms with Crippen LogP contribution in [-0.4, -0.2) is 51.9 Å². The molecule has 2 heterocycles. The van der Waals surface area contributed by atoms with Crippen LogP contribution in [-0.2, 0) is 28.9 Å². The van der Waals surface area contributed by atoms with Crippen LogP contribution in [0.1, 0.15) is 67.1 Å². The number of hydrogen-bond acceptors (Lipinski definition) is 5. The molecular formula is C29H33F2N3O5. The molecule has 1 atom stereocenters. The number of aliphatic carboxylic acids is 1. The second-order valence-corrected chi connectivity index (χ2v) is 10.5. The summed E-state index contributed by atoms with van der Waals surface area (Å²) in [4.78, 5) is 30.7. The average Bonchev–Trinajstić information content (AvgIpc) is 3.33. The van der Waals surface area contributed by atoms with E-state index in [4.69, 9.17) is 9.72 Å². The van der Waals surface area contributed by atoms with Crippen LogP contribution in [0.25, 0.3) is 11.0 Å². The number of nitrogens with zero attached hydrogens (tertiary/aromatic N) is 3. The number of carbonyl (C=O) groups excluding carboxylic acids is 1. The number of alkyl halides is 2. The Kier molecular flexibility index (Phi) is 7.72. The van der Waals surface area contributed by atoms with Gasteiger partial charge in [0.2, 0.25) is 0 Å². The fourth-order valence-corrected chi connectivity index (χ4v) is 6.09. The number of amides is 1. The standard InChI is InChI=1S/C29H33F2N3O5/c1-17(15-18-3-10-22(11-4-18)39-28(30)31)34-24-12-9-19-13-14-33(29(37)38-2)16-23(19)25(24)32-26(34)20-5-7-21(8-6-20)27(35)36/h3-4,9-12,17,20-21,28H,5-8,13-16H2,1-2H3,(H,35,36)/t17-,20-,21-/m0/s1. The molecule has 0 radical (unpaired) electrons. The third kappa shape index (κ3) is 5.55. The van der Waals surface area contributed by atoms with Gasteiger partial charge in [-0.1, -0.05) is 18.2 Å². The van der Waals surface area contributed by atoms with E-state index >= 15 is 0 Å². The van der Waals surface area contributed by atoms with Crippen molar-refractivity contribution in [1.82, 2.24) is 14.5 Å². The Balaban J connectivity index is 1.51. The normalized spacial score (nSPS) is 20.1. The van der Waals surface area contributed by atoms with E-state index in [1.165, 1.54) is 7.11 Å². The highest BCUT2D eigenvalue weighted by atomic mass is 19.3. The van der Waals surface area contributed by atoms with Gasteiger partial charge in [0.25, 0.3) is 0 Å². The quantitative estimate of drug-likeness (QED) is 0.399. The van der Waals surface area contributed by atoms with Crippen molar-refractivity contribution in [2.45, 2.75) is 70.6 Å². The van der Waals surface area contributed by atoms with Gasteiger partial charge in [-0.15, -0.1) is 0 Å². The molecule has 1 aliphatic carbocycles. The van der Waals surface area contributed by atoms with Gasteiger partial charge in [0, 0.05) is 24.1 Å². The molecule has 1 aliphatic heterocycles. The Hall–Kier alpha value is -3.69. The Bertz CT molecular complexity index is 1350. The number of rotatable bonds is 7. The van der Waals surface area contributed by atoms with Crippen molar-refractivity contribution in [3.63, 3.8) is 0 Å². The van der Waals surface area contributed by atoms with Crippen molar-refractivity contribution in [1.29, 1.82) is 0 Å². The minimum absolute atomic E-state index is 0.0117. The summed E-state index contributed by atoms with van der Waals surface area (Å²) < 4.78 is 36.8. The van der Waals surface area contributed by atoms with Gasteiger partial charge < -0.3 is 24.0 Å². The third-order valence-electron chi connectivity index (χ3n) is 8.09. The molecule has 2 aromatic carbocycles. The van der Waals surface area contributed by atoms with Crippen molar-refractivity contribution in [3.05, 3.63) is 58.9 Å². The zero-order chi connectivity index (χ0) is 27.7. The number of imidazole rings is 1. The number of carboxylic acid groups (broad SMARTS) is 1. The van der Waals surface area contributed by atoms with Crippen LogP contribution in [0.4, 0.5) is 13.6 Å². The number of halogens is 2. The molecule has 8 nitrogen and oxygen atoms in total. The van der Waals surface area contributed by atoms with E-state index in [1.54, 1.807) is 29.2 Å². The van der Waals surface area contributed by atoms with Gasteiger partial charge in [0.15, 0.2) is 0 Å². The number of methoxy groups -OCH3 is 1. The predicted octanol–water partition coefficient (Wildman–Crippen LogP) is 5.92. The first-order valence-electron chi connectivity index (χ1n) is 13.4. The molecule has 0 bridgehead atoms. The van der Waals surface area contributed by atoms with Crippen LogP contribution in [0.5, 0.6) is 5.75 Å². The zero-order valence-electron chi connectivity index (χ0n) is 22.1. The summed E-state index contributed by atoms with van der Waals surface area (Å²) in [5, 5.41) is 9.49. The molecule has 1 saturated carbocycles. The number of carboxylic acids is 1. The molecular weight excluding hydrogens is 508 g/mol. The van der Waals surface area contributed by atoms with Crippen LogP contribution in [0, 0.1) is 5.92 Å². The number of hydrogen-bond donors (Lipinski definition) is 1. The first kappa shape index (κ1) is 26.9. The Morgan fingerprint density at radius 3 is 2.46 bits per heavy atom. The number of carbonyl (C=O) groups is 2. The average molecular weight is 542 g/mol. The molecule has 0 spiro atoms. The van der Waals surface area contributed by atoms with E-state index in [9.17, 15) is 23.5 Å². The van der Waals surface area contributed by atoms with Crippen LogP contribution >= 0.6 is 0 Å². The van der Waals surface area contributed by atoms with E-state index in [2.05, 4.69) is 28.4 Å². The van der Waals surface area contributed by atoms with Gasteiger partial charge in [-0.2, -0.15) is 8.78 Å². The zero-order valence-corrected chi connectivity index (χ0v) is 22.1. The lowest BCUT2D eigenvalue weighted by atomic mass is 9.81. The van der Waals surface area contributed by atoms with Gasteiger partial charge in [0.05, 0.1) is 30.6 Å². The molecule has 3 aromatic rings. The lowest BCUT2D eigenvalue weighted by Gasteiger charge is -2.28. The van der Waals surface area contributed by atoms with Gasteiger partial charge in [-0.05, 0) is 74.8 Å². The topological polar surface area (TPSA) is 93.9 Å². The maximum absolute atomic E-state index is 12.6. The number of benzene rings is 2. The molecule has 0 unspecified atom stereocenters. The molecule has 1 aromatic heterocycles. The highest BCUT2D eigenvalue weighted by Gasteiger charge is 2.32. The molecule has 5 rings (SSSR count). The summed E-state index contributed by atoms with van der Waals surface area (Å²) in [6.07, 6.45) is 3.69. The van der Waals surface area contributed by atoms with E-state index in [-0.39, 0.29) is 29.7 Å². The summed E-state index contributed by atoms with van der Waals surface area (Å²) in [5.74, 6) is 0.0985. The van der Waals surface area contributed by atoms with E-state index in [0.717, 1.165) is 52.8 Å². The Morgan fingerprint density at radius 2 is 1.82 bits per heavy atom. The highest BCUT2D eigenvalue weighted by molar-refractivity contribution is 5.82. The summed E-state index contributed by atoms with van der Waals surface area (Å²) in [6.45, 7) is 0.241. The first-order valence-corrected chi connectivity index (χ1v) is 13.4. The second kappa shape index (κ2) is 11.2. The minimum Gasteiger partial charge on any atom is -0.481 e. The SMILES string of the molecule is COC(=O)N1CCc2ccc3c(nc([C@H]4CC[C@H](C(=O)O)CC4)n3[C@@H](C)Cc3ccc(OC(F)F)cc3)c2C1. The maximum atomic E-state index is 12.6. The number of fused-ring (bicyclic) bond motifs is 3. The van der Waals surface area contributed by atoms with Gasteiger partial charge in [-0.25, -0.2) is 9.78 Å².